The van der Waals surface area contributed by atoms with Gasteiger partial charge in [0, 0.05) is 5.41 Å². The SMILES string of the molecule is c1cc(-c2cccc3ccccc23)cc(-c2c3ccccc3c(-c3ccc4c(c3)C3(c5ccccc5-4)C4CC5CC(C4)CC3C5)c3ccccc23)c1. The first kappa shape index (κ1) is 29.2. The highest BCUT2D eigenvalue weighted by Gasteiger charge is 2.61. The second kappa shape index (κ2) is 10.8. The van der Waals surface area contributed by atoms with Crippen LogP contribution in [0.5, 0.6) is 0 Å². The summed E-state index contributed by atoms with van der Waals surface area (Å²) >= 11 is 0. The molecular formula is C52H40. The highest BCUT2D eigenvalue weighted by molar-refractivity contribution is 6.21. The van der Waals surface area contributed by atoms with Gasteiger partial charge >= 0.3 is 0 Å². The molecule has 13 rings (SSSR count). The Morgan fingerprint density at radius 1 is 0.346 bits per heavy atom. The smallest absolute Gasteiger partial charge is 0.0272 e. The Balaban J connectivity index is 1.09. The first-order valence-electron chi connectivity index (χ1n) is 19.5. The topological polar surface area (TPSA) is 0 Å². The van der Waals surface area contributed by atoms with Gasteiger partial charge in [0.2, 0.25) is 0 Å². The molecule has 4 saturated carbocycles. The molecule has 0 heterocycles. The summed E-state index contributed by atoms with van der Waals surface area (Å²) in [4.78, 5) is 0. The van der Waals surface area contributed by atoms with E-state index in [1.165, 1.54) is 109 Å². The molecule has 52 heavy (non-hydrogen) atoms. The Hall–Kier alpha value is -5.46. The van der Waals surface area contributed by atoms with Gasteiger partial charge in [-0.25, -0.2) is 0 Å². The van der Waals surface area contributed by atoms with Crippen molar-refractivity contribution in [3.63, 3.8) is 0 Å². The van der Waals surface area contributed by atoms with Crippen LogP contribution in [0.15, 0.2) is 158 Å². The van der Waals surface area contributed by atoms with Gasteiger partial charge in [0.25, 0.3) is 0 Å². The molecule has 1 spiro atoms. The van der Waals surface area contributed by atoms with Crippen molar-refractivity contribution in [1.29, 1.82) is 0 Å². The highest BCUT2D eigenvalue weighted by atomic mass is 14.6. The third-order valence-electron chi connectivity index (χ3n) is 14.0. The van der Waals surface area contributed by atoms with Crippen LogP contribution in [0.2, 0.25) is 0 Å². The molecule has 0 nitrogen and oxygen atoms in total. The van der Waals surface area contributed by atoms with Gasteiger partial charge < -0.3 is 0 Å². The summed E-state index contributed by atoms with van der Waals surface area (Å²) in [7, 11) is 0. The quantitative estimate of drug-likeness (QED) is 0.165. The first-order valence-corrected chi connectivity index (χ1v) is 19.5. The van der Waals surface area contributed by atoms with Gasteiger partial charge in [-0.05, 0) is 156 Å². The molecule has 0 aliphatic heterocycles. The van der Waals surface area contributed by atoms with Gasteiger partial charge in [0.15, 0.2) is 0 Å². The summed E-state index contributed by atoms with van der Waals surface area (Å²) < 4.78 is 0. The van der Waals surface area contributed by atoms with Crippen LogP contribution in [-0.4, -0.2) is 0 Å². The lowest BCUT2D eigenvalue weighted by molar-refractivity contribution is -0.0399. The third-order valence-corrected chi connectivity index (χ3v) is 14.0. The molecule has 4 fully saturated rings. The molecule has 0 aromatic heterocycles. The van der Waals surface area contributed by atoms with E-state index in [1.807, 2.05) is 0 Å². The van der Waals surface area contributed by atoms with E-state index in [4.69, 9.17) is 0 Å². The first-order chi connectivity index (χ1) is 25.8. The van der Waals surface area contributed by atoms with Crippen molar-refractivity contribution >= 4 is 32.3 Å². The van der Waals surface area contributed by atoms with Crippen LogP contribution >= 0.6 is 0 Å². The molecule has 8 aromatic rings. The molecule has 0 saturated heterocycles. The van der Waals surface area contributed by atoms with Crippen LogP contribution in [0, 0.1) is 23.7 Å². The van der Waals surface area contributed by atoms with Gasteiger partial charge in [0.05, 0.1) is 0 Å². The Labute approximate surface area is 305 Å². The zero-order valence-electron chi connectivity index (χ0n) is 29.4. The zero-order valence-corrected chi connectivity index (χ0v) is 29.4. The second-order valence-corrected chi connectivity index (χ2v) is 16.4. The molecule has 0 atom stereocenters. The molecule has 4 bridgehead atoms. The van der Waals surface area contributed by atoms with Crippen molar-refractivity contribution in [2.75, 3.05) is 0 Å². The number of fused-ring (bicyclic) bond motifs is 6. The Kier molecular flexibility index (Phi) is 6.04. The molecule has 0 amide bonds. The van der Waals surface area contributed by atoms with Crippen LogP contribution in [-0.2, 0) is 5.41 Å². The fourth-order valence-electron chi connectivity index (χ4n) is 12.4. The maximum atomic E-state index is 2.67. The molecule has 0 heteroatoms. The predicted octanol–water partition coefficient (Wildman–Crippen LogP) is 13.9. The Morgan fingerprint density at radius 3 is 1.54 bits per heavy atom. The van der Waals surface area contributed by atoms with Crippen molar-refractivity contribution in [2.24, 2.45) is 23.7 Å². The summed E-state index contributed by atoms with van der Waals surface area (Å²) in [5.41, 5.74) is 14.3. The van der Waals surface area contributed by atoms with Gasteiger partial charge in [-0.2, -0.15) is 0 Å². The largest absolute Gasteiger partial charge is 0.0619 e. The lowest BCUT2D eigenvalue weighted by atomic mass is 9.43. The number of hydrogen-bond donors (Lipinski definition) is 0. The summed E-state index contributed by atoms with van der Waals surface area (Å²) in [6.07, 6.45) is 7.10. The van der Waals surface area contributed by atoms with Gasteiger partial charge in [-0.15, -0.1) is 0 Å². The van der Waals surface area contributed by atoms with E-state index in [9.17, 15) is 0 Å². The minimum Gasteiger partial charge on any atom is -0.0619 e. The van der Waals surface area contributed by atoms with E-state index in [1.54, 1.807) is 11.1 Å². The maximum Gasteiger partial charge on any atom is 0.0272 e. The van der Waals surface area contributed by atoms with Crippen molar-refractivity contribution in [3.05, 3.63) is 169 Å². The molecule has 5 aliphatic carbocycles. The van der Waals surface area contributed by atoms with Crippen LogP contribution in [0.1, 0.15) is 43.2 Å². The molecule has 8 aromatic carbocycles. The molecule has 5 aliphatic rings. The Bertz CT molecular complexity index is 2670. The van der Waals surface area contributed by atoms with Gasteiger partial charge in [-0.3, -0.25) is 0 Å². The van der Waals surface area contributed by atoms with Crippen LogP contribution in [0.25, 0.3) is 76.8 Å². The summed E-state index contributed by atoms with van der Waals surface area (Å²) in [6.45, 7) is 0. The minimum atomic E-state index is 0.156. The van der Waals surface area contributed by atoms with E-state index < -0.39 is 0 Å². The average molecular weight is 665 g/mol. The fourth-order valence-corrected chi connectivity index (χ4v) is 12.4. The molecule has 0 radical (unpaired) electrons. The maximum absolute atomic E-state index is 2.67. The van der Waals surface area contributed by atoms with Crippen LogP contribution in [0.3, 0.4) is 0 Å². The predicted molar refractivity (Wildman–Crippen MR) is 219 cm³/mol. The summed E-state index contributed by atoms with van der Waals surface area (Å²) in [5, 5.41) is 7.88. The third kappa shape index (κ3) is 3.88. The van der Waals surface area contributed by atoms with Crippen molar-refractivity contribution in [3.8, 4) is 44.5 Å². The van der Waals surface area contributed by atoms with Crippen molar-refractivity contribution < 1.29 is 0 Å². The van der Waals surface area contributed by atoms with E-state index in [2.05, 4.69) is 158 Å². The Morgan fingerprint density at radius 2 is 0.846 bits per heavy atom. The van der Waals surface area contributed by atoms with Crippen molar-refractivity contribution in [1.82, 2.24) is 0 Å². The van der Waals surface area contributed by atoms with Crippen molar-refractivity contribution in [2.45, 2.75) is 37.5 Å². The van der Waals surface area contributed by atoms with E-state index >= 15 is 0 Å². The summed E-state index contributed by atoms with van der Waals surface area (Å²) in [5.74, 6) is 3.39. The summed E-state index contributed by atoms with van der Waals surface area (Å²) in [6, 6.07) is 60.1. The second-order valence-electron chi connectivity index (χ2n) is 16.4. The molecule has 0 unspecified atom stereocenters. The van der Waals surface area contributed by atoms with E-state index in [-0.39, 0.29) is 5.41 Å². The monoisotopic (exact) mass is 664 g/mol. The van der Waals surface area contributed by atoms with E-state index in [0.29, 0.717) is 0 Å². The van der Waals surface area contributed by atoms with Gasteiger partial charge in [0.1, 0.15) is 0 Å². The van der Waals surface area contributed by atoms with Crippen LogP contribution < -0.4 is 0 Å². The normalized spacial score (nSPS) is 23.8. The molecule has 0 N–H and O–H groups in total. The number of rotatable bonds is 3. The standard InChI is InChI=1S/C52H40/c1-2-15-40-34(11-1)12-10-21-41(40)35-13-9-14-36(30-35)50-44-17-3-5-19-46(44)51(47-20-6-4-18-45(47)50)37-23-24-43-42-16-7-8-22-48(42)52(49(43)31-37)38-26-32-25-33(28-38)29-39(52)27-32/h1-24,30-33,38-39H,25-29H2. The molecular weight excluding hydrogens is 625 g/mol. The lowest BCUT2D eigenvalue weighted by Crippen LogP contribution is -2.55. The number of benzene rings is 8. The lowest BCUT2D eigenvalue weighted by Gasteiger charge is -2.61. The van der Waals surface area contributed by atoms with Crippen LogP contribution in [0.4, 0.5) is 0 Å². The number of hydrogen-bond acceptors (Lipinski definition) is 0. The van der Waals surface area contributed by atoms with E-state index in [0.717, 1.165) is 23.7 Å². The highest BCUT2D eigenvalue weighted by Crippen LogP contribution is 2.69. The minimum absolute atomic E-state index is 0.156. The van der Waals surface area contributed by atoms with Gasteiger partial charge in [-0.1, -0.05) is 146 Å². The fraction of sp³-hybridized carbons (Fsp3) is 0.192. The zero-order chi connectivity index (χ0) is 34.0. The average Bonchev–Trinajstić information content (AvgIpc) is 3.48. The molecule has 248 valence electrons.